The smallest absolute Gasteiger partial charge is 0.407 e. The Morgan fingerprint density at radius 1 is 1.05 bits per heavy atom. The zero-order valence-electron chi connectivity index (χ0n) is 20.6. The molecule has 3 aromatic carbocycles. The normalized spacial score (nSPS) is 11.3. The van der Waals surface area contributed by atoms with E-state index in [1.807, 2.05) is 42.5 Å². The van der Waals surface area contributed by atoms with Gasteiger partial charge in [0.1, 0.15) is 6.61 Å². The fraction of sp³-hybridized carbons (Fsp3) is 0.214. The molecular formula is C28H28N4O5. The summed E-state index contributed by atoms with van der Waals surface area (Å²) in [5, 5.41) is 16.0. The molecule has 0 saturated carbocycles. The van der Waals surface area contributed by atoms with Gasteiger partial charge in [0, 0.05) is 5.56 Å². The number of hydrogen-bond donors (Lipinski definition) is 2. The van der Waals surface area contributed by atoms with Crippen molar-refractivity contribution in [2.45, 2.75) is 26.0 Å². The Balaban J connectivity index is 1.61. The van der Waals surface area contributed by atoms with E-state index in [4.69, 9.17) is 14.2 Å². The molecule has 0 radical (unpaired) electrons. The van der Waals surface area contributed by atoms with Crippen molar-refractivity contribution in [3.8, 4) is 17.6 Å². The topological polar surface area (TPSA) is 122 Å². The first-order valence-corrected chi connectivity index (χ1v) is 11.6. The van der Waals surface area contributed by atoms with Gasteiger partial charge in [-0.15, -0.1) is 0 Å². The summed E-state index contributed by atoms with van der Waals surface area (Å²) >= 11 is 0. The highest BCUT2D eigenvalue weighted by molar-refractivity contribution is 5.83. The minimum atomic E-state index is -0.599. The number of hydrogen-bond acceptors (Lipinski definition) is 7. The summed E-state index contributed by atoms with van der Waals surface area (Å²) in [6.07, 6.45) is 0.851. The van der Waals surface area contributed by atoms with E-state index >= 15 is 0 Å². The van der Waals surface area contributed by atoms with E-state index in [0.29, 0.717) is 22.6 Å². The van der Waals surface area contributed by atoms with Gasteiger partial charge in [-0.2, -0.15) is 10.4 Å². The molecule has 2 amide bonds. The molecule has 0 saturated heterocycles. The molecule has 3 aromatic rings. The van der Waals surface area contributed by atoms with Gasteiger partial charge < -0.3 is 19.5 Å². The number of carbonyl (C=O) groups is 2. The summed E-state index contributed by atoms with van der Waals surface area (Å²) in [6, 6.07) is 23.2. The fourth-order valence-electron chi connectivity index (χ4n) is 3.46. The molecule has 0 aromatic heterocycles. The summed E-state index contributed by atoms with van der Waals surface area (Å²) in [5.41, 5.74) is 5.25. The fourth-order valence-corrected chi connectivity index (χ4v) is 3.46. The van der Waals surface area contributed by atoms with Crippen LogP contribution in [0, 0.1) is 11.3 Å². The van der Waals surface area contributed by atoms with Gasteiger partial charge in [-0.05, 0) is 42.3 Å². The first kappa shape index (κ1) is 26.8. The molecule has 0 fully saturated rings. The summed E-state index contributed by atoms with van der Waals surface area (Å²) < 4.78 is 16.2. The Labute approximate surface area is 215 Å². The predicted octanol–water partition coefficient (Wildman–Crippen LogP) is 4.47. The lowest BCUT2D eigenvalue weighted by Crippen LogP contribution is -2.33. The minimum absolute atomic E-state index is 0.0273. The highest BCUT2D eigenvalue weighted by Crippen LogP contribution is 2.28. The number of nitrogens with one attached hydrogen (secondary N) is 2. The van der Waals surface area contributed by atoms with Gasteiger partial charge in [-0.1, -0.05) is 48.5 Å². The van der Waals surface area contributed by atoms with Crippen molar-refractivity contribution in [3.05, 3.63) is 95.1 Å². The first-order chi connectivity index (χ1) is 18.0. The molecule has 190 valence electrons. The molecule has 0 aliphatic rings. The maximum absolute atomic E-state index is 12.5. The van der Waals surface area contributed by atoms with Crippen LogP contribution in [0.1, 0.15) is 41.6 Å². The molecule has 3 rings (SSSR count). The van der Waals surface area contributed by atoms with Crippen LogP contribution in [0.15, 0.2) is 77.9 Å². The monoisotopic (exact) mass is 500 g/mol. The lowest BCUT2D eigenvalue weighted by atomic mass is 10.0. The van der Waals surface area contributed by atoms with E-state index in [1.165, 1.54) is 13.3 Å². The van der Waals surface area contributed by atoms with Crippen molar-refractivity contribution in [1.29, 1.82) is 5.26 Å². The second-order valence-corrected chi connectivity index (χ2v) is 7.79. The maximum atomic E-state index is 12.5. The second kappa shape index (κ2) is 13.9. The third-order valence-electron chi connectivity index (χ3n) is 5.27. The Kier molecular flexibility index (Phi) is 10.1. The van der Waals surface area contributed by atoms with Crippen LogP contribution in [0.5, 0.6) is 11.5 Å². The second-order valence-electron chi connectivity index (χ2n) is 7.79. The van der Waals surface area contributed by atoms with Crippen LogP contribution < -0.4 is 20.2 Å². The minimum Gasteiger partial charge on any atom is -0.493 e. The standard InChI is InChI=1S/C28H28N4O5/c1-3-36-28(34)31-24(21-9-5-4-6-10-21)16-27(33)32-30-18-20-13-14-25(26(15-20)35-2)37-19-23-12-8-7-11-22(23)17-29/h4-15,18,24H,3,16,19H2,1-2H3,(H,31,34)(H,32,33)/b30-18-/t24-/m0/s1. The Hall–Kier alpha value is -4.84. The van der Waals surface area contributed by atoms with Crippen molar-refractivity contribution < 1.29 is 23.8 Å². The molecule has 0 aliphatic carbocycles. The van der Waals surface area contributed by atoms with Gasteiger partial charge in [-0.3, -0.25) is 4.79 Å². The van der Waals surface area contributed by atoms with Crippen LogP contribution in [0.25, 0.3) is 0 Å². The van der Waals surface area contributed by atoms with Crippen molar-refractivity contribution in [2.75, 3.05) is 13.7 Å². The molecule has 1 atom stereocenters. The van der Waals surface area contributed by atoms with Gasteiger partial charge in [-0.25, -0.2) is 10.2 Å². The van der Waals surface area contributed by atoms with Gasteiger partial charge in [0.15, 0.2) is 11.5 Å². The molecule has 2 N–H and O–H groups in total. The molecule has 37 heavy (non-hydrogen) atoms. The third-order valence-corrected chi connectivity index (χ3v) is 5.27. The van der Waals surface area contributed by atoms with Crippen LogP contribution in [0.4, 0.5) is 4.79 Å². The first-order valence-electron chi connectivity index (χ1n) is 11.6. The number of hydrazone groups is 1. The summed E-state index contributed by atoms with van der Waals surface area (Å²) in [4.78, 5) is 24.4. The lowest BCUT2D eigenvalue weighted by molar-refractivity contribution is -0.121. The van der Waals surface area contributed by atoms with Crippen molar-refractivity contribution >= 4 is 18.2 Å². The quantitative estimate of drug-likeness (QED) is 0.296. The predicted molar refractivity (Wildman–Crippen MR) is 138 cm³/mol. The summed E-state index contributed by atoms with van der Waals surface area (Å²) in [6.45, 7) is 2.15. The van der Waals surface area contributed by atoms with Gasteiger partial charge in [0.2, 0.25) is 5.91 Å². The number of benzene rings is 3. The lowest BCUT2D eigenvalue weighted by Gasteiger charge is -2.18. The molecule has 0 aliphatic heterocycles. The number of methoxy groups -OCH3 is 1. The molecule has 0 spiro atoms. The largest absolute Gasteiger partial charge is 0.493 e. The van der Waals surface area contributed by atoms with Gasteiger partial charge in [0.25, 0.3) is 0 Å². The Morgan fingerprint density at radius 2 is 1.81 bits per heavy atom. The molecule has 0 heterocycles. The molecule has 0 bridgehead atoms. The number of rotatable bonds is 11. The van der Waals surface area contributed by atoms with E-state index < -0.39 is 12.1 Å². The molecule has 0 unspecified atom stereocenters. The summed E-state index contributed by atoms with van der Waals surface area (Å²) in [5.74, 6) is 0.602. The number of amides is 2. The highest BCUT2D eigenvalue weighted by atomic mass is 16.5. The zero-order chi connectivity index (χ0) is 26.5. The average Bonchev–Trinajstić information content (AvgIpc) is 2.92. The molecule has 9 heteroatoms. The van der Waals surface area contributed by atoms with Crippen LogP contribution >= 0.6 is 0 Å². The zero-order valence-corrected chi connectivity index (χ0v) is 20.6. The van der Waals surface area contributed by atoms with Crippen LogP contribution in [0.3, 0.4) is 0 Å². The van der Waals surface area contributed by atoms with Gasteiger partial charge in [0.05, 0.1) is 44.0 Å². The van der Waals surface area contributed by atoms with Crippen LogP contribution in [-0.4, -0.2) is 31.9 Å². The Bertz CT molecular complexity index is 1270. The van der Waals surface area contributed by atoms with Crippen molar-refractivity contribution in [3.63, 3.8) is 0 Å². The van der Waals surface area contributed by atoms with E-state index in [-0.39, 0.29) is 25.5 Å². The van der Waals surface area contributed by atoms with Crippen LogP contribution in [-0.2, 0) is 16.1 Å². The number of nitriles is 1. The SMILES string of the molecule is CCOC(=O)N[C@@H](CC(=O)N/N=C\c1ccc(OCc2ccccc2C#N)c(OC)c1)c1ccccc1. The van der Waals surface area contributed by atoms with E-state index in [1.54, 1.807) is 37.3 Å². The average molecular weight is 501 g/mol. The Morgan fingerprint density at radius 3 is 2.54 bits per heavy atom. The number of ether oxygens (including phenoxy) is 3. The maximum Gasteiger partial charge on any atom is 0.407 e. The third kappa shape index (κ3) is 8.11. The van der Waals surface area contributed by atoms with E-state index in [9.17, 15) is 14.9 Å². The van der Waals surface area contributed by atoms with E-state index in [2.05, 4.69) is 21.9 Å². The number of carbonyl (C=O) groups excluding carboxylic acids is 2. The number of nitrogens with zero attached hydrogens (tertiary/aromatic N) is 2. The molecule has 9 nitrogen and oxygen atoms in total. The van der Waals surface area contributed by atoms with E-state index in [0.717, 1.165) is 11.1 Å². The van der Waals surface area contributed by atoms with Crippen LogP contribution in [0.2, 0.25) is 0 Å². The molecular weight excluding hydrogens is 472 g/mol. The van der Waals surface area contributed by atoms with Crippen molar-refractivity contribution in [2.24, 2.45) is 5.10 Å². The highest BCUT2D eigenvalue weighted by Gasteiger charge is 2.18. The van der Waals surface area contributed by atoms with Gasteiger partial charge >= 0.3 is 6.09 Å². The number of alkyl carbamates (subject to hydrolysis) is 1. The van der Waals surface area contributed by atoms with Crippen molar-refractivity contribution in [1.82, 2.24) is 10.7 Å². The summed E-state index contributed by atoms with van der Waals surface area (Å²) in [7, 11) is 1.52.